The van der Waals surface area contributed by atoms with E-state index >= 15 is 0 Å². The van der Waals surface area contributed by atoms with E-state index < -0.39 is 10.0 Å². The summed E-state index contributed by atoms with van der Waals surface area (Å²) in [5, 5.41) is 0. The number of hydrogen-bond acceptors (Lipinski definition) is 4. The molecule has 1 heterocycles. The first kappa shape index (κ1) is 22.5. The number of amides is 1. The zero-order chi connectivity index (χ0) is 21.7. The number of likely N-dealkylation sites (tertiary alicyclic amines) is 1. The lowest BCUT2D eigenvalue weighted by Gasteiger charge is -2.32. The van der Waals surface area contributed by atoms with Crippen molar-refractivity contribution in [3.63, 3.8) is 0 Å². The van der Waals surface area contributed by atoms with Crippen molar-refractivity contribution < 1.29 is 18.0 Å². The number of hydroxylamine groups is 1. The SMILES string of the molecule is CON(C)S(=O)(=O)c1ccc(C(=O)N2CCC(CCc3ccc(C)cc3)CC2)cc1. The number of hydrogen-bond donors (Lipinski definition) is 0. The van der Waals surface area contributed by atoms with Crippen LogP contribution in [0.4, 0.5) is 0 Å². The summed E-state index contributed by atoms with van der Waals surface area (Å²) in [6.07, 6.45) is 4.22. The zero-order valence-corrected chi connectivity index (χ0v) is 18.7. The Kier molecular flexibility index (Phi) is 7.28. The van der Waals surface area contributed by atoms with Crippen molar-refractivity contribution in [2.45, 2.75) is 37.5 Å². The first-order chi connectivity index (χ1) is 14.3. The fraction of sp³-hybridized carbons (Fsp3) is 0.435. The number of rotatable bonds is 7. The summed E-state index contributed by atoms with van der Waals surface area (Å²) in [5.74, 6) is 0.587. The van der Waals surface area contributed by atoms with Gasteiger partial charge in [-0.1, -0.05) is 34.3 Å². The molecule has 1 fully saturated rings. The molecule has 0 bridgehead atoms. The van der Waals surface area contributed by atoms with Gasteiger partial charge in [0.1, 0.15) is 0 Å². The van der Waals surface area contributed by atoms with E-state index in [0.29, 0.717) is 11.5 Å². The molecule has 1 aliphatic heterocycles. The molecule has 0 radical (unpaired) electrons. The molecule has 1 amide bonds. The summed E-state index contributed by atoms with van der Waals surface area (Å²) in [4.78, 5) is 19.5. The smallest absolute Gasteiger partial charge is 0.264 e. The highest BCUT2D eigenvalue weighted by Gasteiger charge is 2.25. The van der Waals surface area contributed by atoms with Crippen LogP contribution in [0.5, 0.6) is 0 Å². The fourth-order valence-electron chi connectivity index (χ4n) is 3.75. The van der Waals surface area contributed by atoms with Crippen LogP contribution in [0.3, 0.4) is 0 Å². The van der Waals surface area contributed by atoms with Crippen LogP contribution in [0.1, 0.15) is 40.7 Å². The van der Waals surface area contributed by atoms with Crippen LogP contribution < -0.4 is 0 Å². The average Bonchev–Trinajstić information content (AvgIpc) is 2.78. The number of nitrogens with zero attached hydrogens (tertiary/aromatic N) is 2. The molecule has 2 aromatic rings. The molecule has 3 rings (SSSR count). The number of carbonyl (C=O) groups is 1. The second-order valence-electron chi connectivity index (χ2n) is 7.88. The zero-order valence-electron chi connectivity index (χ0n) is 17.9. The van der Waals surface area contributed by atoms with Crippen molar-refractivity contribution in [2.24, 2.45) is 5.92 Å². The number of aryl methyl sites for hydroxylation is 2. The highest BCUT2D eigenvalue weighted by molar-refractivity contribution is 7.89. The van der Waals surface area contributed by atoms with Gasteiger partial charge in [-0.05, 0) is 68.4 Å². The Balaban J connectivity index is 1.53. The maximum atomic E-state index is 12.8. The maximum absolute atomic E-state index is 12.8. The first-order valence-electron chi connectivity index (χ1n) is 10.3. The highest BCUT2D eigenvalue weighted by Crippen LogP contribution is 2.24. The van der Waals surface area contributed by atoms with Crippen molar-refractivity contribution >= 4 is 15.9 Å². The molecule has 0 N–H and O–H groups in total. The fourth-order valence-corrected chi connectivity index (χ4v) is 4.72. The minimum atomic E-state index is -3.71. The minimum absolute atomic E-state index is 0.0453. The van der Waals surface area contributed by atoms with Gasteiger partial charge in [0.25, 0.3) is 15.9 Å². The van der Waals surface area contributed by atoms with Gasteiger partial charge in [0, 0.05) is 25.7 Å². The largest absolute Gasteiger partial charge is 0.339 e. The van der Waals surface area contributed by atoms with Gasteiger partial charge in [-0.25, -0.2) is 8.42 Å². The molecular weight excluding hydrogens is 400 g/mol. The summed E-state index contributed by atoms with van der Waals surface area (Å²) >= 11 is 0. The minimum Gasteiger partial charge on any atom is -0.339 e. The van der Waals surface area contributed by atoms with E-state index in [4.69, 9.17) is 4.84 Å². The Morgan fingerprint density at radius 3 is 2.23 bits per heavy atom. The molecule has 6 nitrogen and oxygen atoms in total. The maximum Gasteiger partial charge on any atom is 0.264 e. The van der Waals surface area contributed by atoms with Crippen molar-refractivity contribution in [3.05, 3.63) is 65.2 Å². The van der Waals surface area contributed by atoms with E-state index in [0.717, 1.165) is 43.2 Å². The molecule has 0 aromatic heterocycles. The van der Waals surface area contributed by atoms with Gasteiger partial charge in [-0.3, -0.25) is 9.63 Å². The topological polar surface area (TPSA) is 66.9 Å². The van der Waals surface area contributed by atoms with Crippen LogP contribution in [0.25, 0.3) is 0 Å². The number of sulfonamides is 1. The Morgan fingerprint density at radius 1 is 1.07 bits per heavy atom. The first-order valence-corrected chi connectivity index (χ1v) is 11.7. The molecule has 0 atom stereocenters. The summed E-state index contributed by atoms with van der Waals surface area (Å²) in [6, 6.07) is 14.7. The van der Waals surface area contributed by atoms with E-state index in [1.165, 1.54) is 37.4 Å². The molecular formula is C23H30N2O4S. The summed E-state index contributed by atoms with van der Waals surface area (Å²) in [7, 11) is -1.09. The van der Waals surface area contributed by atoms with Gasteiger partial charge in [0.15, 0.2) is 0 Å². The lowest BCUT2D eigenvalue weighted by atomic mass is 9.90. The average molecular weight is 431 g/mol. The lowest BCUT2D eigenvalue weighted by molar-refractivity contribution is -0.0258. The van der Waals surface area contributed by atoms with Crippen molar-refractivity contribution in [1.82, 2.24) is 9.37 Å². The molecule has 162 valence electrons. The number of carbonyl (C=O) groups excluding carboxylic acids is 1. The molecule has 30 heavy (non-hydrogen) atoms. The summed E-state index contributed by atoms with van der Waals surface area (Å²) in [5.41, 5.74) is 3.15. The molecule has 7 heteroatoms. The van der Waals surface area contributed by atoms with Crippen LogP contribution in [0.2, 0.25) is 0 Å². The Labute approximate surface area is 179 Å². The number of benzene rings is 2. The van der Waals surface area contributed by atoms with Crippen molar-refractivity contribution in [1.29, 1.82) is 0 Å². The van der Waals surface area contributed by atoms with E-state index in [-0.39, 0.29) is 10.8 Å². The Bertz CT molecular complexity index is 948. The molecule has 1 aliphatic rings. The van der Waals surface area contributed by atoms with Crippen molar-refractivity contribution in [2.75, 3.05) is 27.2 Å². The van der Waals surface area contributed by atoms with Gasteiger partial charge < -0.3 is 4.90 Å². The second kappa shape index (κ2) is 9.73. The highest BCUT2D eigenvalue weighted by atomic mass is 32.2. The predicted molar refractivity (Wildman–Crippen MR) is 117 cm³/mol. The van der Waals surface area contributed by atoms with Crippen LogP contribution in [0.15, 0.2) is 53.4 Å². The van der Waals surface area contributed by atoms with Crippen LogP contribution in [-0.2, 0) is 21.3 Å². The van der Waals surface area contributed by atoms with Gasteiger partial charge in [0.05, 0.1) is 12.0 Å². The van der Waals surface area contributed by atoms with E-state index in [2.05, 4.69) is 31.2 Å². The second-order valence-corrected chi connectivity index (χ2v) is 9.82. The third-order valence-corrected chi connectivity index (χ3v) is 7.55. The van der Waals surface area contributed by atoms with Gasteiger partial charge in [-0.2, -0.15) is 0 Å². The van der Waals surface area contributed by atoms with Gasteiger partial charge in [-0.15, -0.1) is 0 Å². The third-order valence-electron chi connectivity index (χ3n) is 5.86. The van der Waals surface area contributed by atoms with Crippen LogP contribution in [-0.4, -0.2) is 50.9 Å². The molecule has 0 spiro atoms. The summed E-state index contributed by atoms with van der Waals surface area (Å²) in [6.45, 7) is 3.58. The quantitative estimate of drug-likeness (QED) is 0.629. The lowest BCUT2D eigenvalue weighted by Crippen LogP contribution is -2.38. The van der Waals surface area contributed by atoms with E-state index in [9.17, 15) is 13.2 Å². The van der Waals surface area contributed by atoms with Crippen LogP contribution in [0, 0.1) is 12.8 Å². The molecule has 1 saturated heterocycles. The molecule has 0 aliphatic carbocycles. The molecule has 2 aromatic carbocycles. The molecule has 0 saturated carbocycles. The van der Waals surface area contributed by atoms with Crippen molar-refractivity contribution in [3.8, 4) is 0 Å². The predicted octanol–water partition coefficient (Wildman–Crippen LogP) is 3.66. The van der Waals surface area contributed by atoms with Crippen LogP contribution >= 0.6 is 0 Å². The summed E-state index contributed by atoms with van der Waals surface area (Å²) < 4.78 is 25.3. The van der Waals surface area contributed by atoms with Gasteiger partial charge in [0.2, 0.25) is 0 Å². The Hall–Kier alpha value is -2.22. The third kappa shape index (κ3) is 5.28. The van der Waals surface area contributed by atoms with E-state index in [1.807, 2.05) is 4.90 Å². The van der Waals surface area contributed by atoms with Gasteiger partial charge >= 0.3 is 0 Å². The normalized spacial score (nSPS) is 15.5. The monoisotopic (exact) mass is 430 g/mol. The molecule has 0 unspecified atom stereocenters. The number of piperidine rings is 1. The standard InChI is InChI=1S/C23H30N2O4S/c1-18-4-6-19(7-5-18)8-9-20-14-16-25(17-15-20)23(26)21-10-12-22(13-11-21)30(27,28)24(2)29-3/h4-7,10-13,20H,8-9,14-17H2,1-3H3. The van der Waals surface area contributed by atoms with E-state index in [1.54, 1.807) is 12.1 Å². The Morgan fingerprint density at radius 2 is 1.67 bits per heavy atom.